The van der Waals surface area contributed by atoms with Crippen molar-refractivity contribution in [2.45, 2.75) is 12.3 Å². The van der Waals surface area contributed by atoms with Crippen LogP contribution in [0, 0.1) is 17.1 Å². The average molecular weight is 355 g/mol. The molecule has 6 nitrogen and oxygen atoms in total. The maximum atomic E-state index is 13.1. The lowest BCUT2D eigenvalue weighted by atomic mass is 9.92. The average Bonchev–Trinajstić information content (AvgIpc) is 2.67. The van der Waals surface area contributed by atoms with Crippen LogP contribution in [-0.4, -0.2) is 35.7 Å². The predicted octanol–water partition coefficient (Wildman–Crippen LogP) is 0.564. The summed E-state index contributed by atoms with van der Waals surface area (Å²) in [6.07, 6.45) is 0.346. The van der Waals surface area contributed by atoms with E-state index in [1.807, 2.05) is 35.6 Å². The van der Waals surface area contributed by atoms with Crippen LogP contribution in [0.25, 0.3) is 0 Å². The molecule has 134 valence electrons. The molecule has 2 aromatic rings. The van der Waals surface area contributed by atoms with Crippen LogP contribution in [0.4, 0.5) is 4.39 Å². The zero-order chi connectivity index (χ0) is 18.5. The third-order valence-electron chi connectivity index (χ3n) is 4.34. The number of nitrogens with zero attached hydrogens (tertiary/aromatic N) is 2. The Kier molecular flexibility index (Phi) is 5.62. The number of amidine groups is 1. The Bertz CT molecular complexity index is 820. The molecule has 0 bridgehead atoms. The van der Waals surface area contributed by atoms with E-state index in [-0.39, 0.29) is 11.5 Å². The molecule has 2 aromatic carbocycles. The van der Waals surface area contributed by atoms with E-state index >= 15 is 0 Å². The molecule has 3 rings (SSSR count). The third kappa shape index (κ3) is 4.08. The SMILES string of the molecule is N=C(c1ccc(F)cc1)C1C([NH2+]CC([OH2+])c2ccccc2)=NC=NC1N. The van der Waals surface area contributed by atoms with Crippen LogP contribution in [0.3, 0.4) is 0 Å². The van der Waals surface area contributed by atoms with Gasteiger partial charge in [-0.05, 0) is 17.7 Å². The number of nitrogens with two attached hydrogens (primary N) is 2. The van der Waals surface area contributed by atoms with Gasteiger partial charge in [0.15, 0.2) is 6.54 Å². The topological polar surface area (TPSA) is 114 Å². The first kappa shape index (κ1) is 18.1. The minimum absolute atomic E-state index is 0.241. The fraction of sp³-hybridized carbons (Fsp3) is 0.211. The standard InChI is InChI=1S/C19H20FN5O/c20-14-8-6-13(7-9-14)17(21)16-18(22)24-11-25-19(16)23-10-15(26)12-4-2-1-3-5-12/h1-9,11,15-16,18,21,26H,10,22H2,(H,23,24,25)/p+2. The first-order valence-electron chi connectivity index (χ1n) is 8.35. The molecule has 0 spiro atoms. The Morgan fingerprint density at radius 1 is 1.19 bits per heavy atom. The van der Waals surface area contributed by atoms with Crippen molar-refractivity contribution >= 4 is 17.9 Å². The summed E-state index contributed by atoms with van der Waals surface area (Å²) >= 11 is 0. The van der Waals surface area contributed by atoms with Crippen molar-refractivity contribution in [3.8, 4) is 0 Å². The second-order valence-electron chi connectivity index (χ2n) is 6.11. The quantitative estimate of drug-likeness (QED) is 0.528. The lowest BCUT2D eigenvalue weighted by Gasteiger charge is -2.23. The summed E-state index contributed by atoms with van der Waals surface area (Å²) in [5.41, 5.74) is 7.83. The van der Waals surface area contributed by atoms with Gasteiger partial charge in [0.25, 0.3) is 0 Å². The Morgan fingerprint density at radius 2 is 1.88 bits per heavy atom. The molecule has 1 heterocycles. The van der Waals surface area contributed by atoms with Crippen molar-refractivity contribution in [2.24, 2.45) is 21.6 Å². The molecular formula is C19H22FN5O+2. The molecule has 3 unspecified atom stereocenters. The number of rotatable bonds is 5. The molecule has 3 atom stereocenters. The van der Waals surface area contributed by atoms with E-state index in [9.17, 15) is 4.39 Å². The van der Waals surface area contributed by atoms with Gasteiger partial charge < -0.3 is 16.2 Å². The zero-order valence-electron chi connectivity index (χ0n) is 14.1. The van der Waals surface area contributed by atoms with Crippen LogP contribution < -0.4 is 11.1 Å². The fourth-order valence-electron chi connectivity index (χ4n) is 2.89. The molecule has 26 heavy (non-hydrogen) atoms. The van der Waals surface area contributed by atoms with Gasteiger partial charge in [-0.1, -0.05) is 42.5 Å². The van der Waals surface area contributed by atoms with Gasteiger partial charge in [0.2, 0.25) is 11.9 Å². The fourth-order valence-corrected chi connectivity index (χ4v) is 2.89. The van der Waals surface area contributed by atoms with Gasteiger partial charge in [-0.2, -0.15) is 4.99 Å². The Balaban J connectivity index is 1.74. The van der Waals surface area contributed by atoms with Crippen LogP contribution in [0.2, 0.25) is 0 Å². The van der Waals surface area contributed by atoms with Crippen LogP contribution in [0.5, 0.6) is 0 Å². The number of halogens is 1. The van der Waals surface area contributed by atoms with Crippen LogP contribution in [0.15, 0.2) is 64.6 Å². The summed E-state index contributed by atoms with van der Waals surface area (Å²) in [5, 5.41) is 18.6. The van der Waals surface area contributed by atoms with Gasteiger partial charge in [0.1, 0.15) is 24.2 Å². The minimum Gasteiger partial charge on any atom is -0.435 e. The maximum absolute atomic E-state index is 13.1. The van der Waals surface area contributed by atoms with E-state index in [1.54, 1.807) is 12.1 Å². The summed E-state index contributed by atoms with van der Waals surface area (Å²) in [7, 11) is 0. The van der Waals surface area contributed by atoms with Gasteiger partial charge in [-0.3, -0.25) is 10.3 Å². The molecule has 7 N–H and O–H groups in total. The highest BCUT2D eigenvalue weighted by Gasteiger charge is 2.34. The molecule has 0 radical (unpaired) electrons. The molecule has 0 saturated carbocycles. The summed E-state index contributed by atoms with van der Waals surface area (Å²) < 4.78 is 13.1. The highest BCUT2D eigenvalue weighted by Crippen LogP contribution is 2.16. The number of nitrogens with one attached hydrogen (secondary N) is 1. The van der Waals surface area contributed by atoms with E-state index in [0.717, 1.165) is 5.56 Å². The third-order valence-corrected chi connectivity index (χ3v) is 4.34. The molecule has 0 aromatic heterocycles. The van der Waals surface area contributed by atoms with Gasteiger partial charge in [0.05, 0.1) is 5.71 Å². The van der Waals surface area contributed by atoms with E-state index in [0.29, 0.717) is 17.9 Å². The minimum atomic E-state index is -0.628. The lowest BCUT2D eigenvalue weighted by molar-refractivity contribution is -0.553. The predicted molar refractivity (Wildman–Crippen MR) is 100 cm³/mol. The Hall–Kier alpha value is -2.74. The molecule has 0 saturated heterocycles. The molecule has 1 aliphatic rings. The van der Waals surface area contributed by atoms with E-state index in [2.05, 4.69) is 9.98 Å². The van der Waals surface area contributed by atoms with Crippen molar-refractivity contribution in [1.82, 2.24) is 0 Å². The number of hydrogen-bond donors (Lipinski definition) is 3. The highest BCUT2D eigenvalue weighted by atomic mass is 19.1. The number of aliphatic imine (C=N–C) groups is 2. The Morgan fingerprint density at radius 3 is 2.58 bits per heavy atom. The molecule has 0 fully saturated rings. The van der Waals surface area contributed by atoms with E-state index in [4.69, 9.17) is 16.2 Å². The van der Waals surface area contributed by atoms with Crippen LogP contribution >= 0.6 is 0 Å². The Labute approximate surface area is 150 Å². The summed E-state index contributed by atoms with van der Waals surface area (Å²) in [6.45, 7) is 0.455. The summed E-state index contributed by atoms with van der Waals surface area (Å²) in [4.78, 5) is 8.38. The first-order chi connectivity index (χ1) is 12.6. The largest absolute Gasteiger partial charge is 0.435 e. The van der Waals surface area contributed by atoms with Crippen molar-refractivity contribution < 1.29 is 14.8 Å². The van der Waals surface area contributed by atoms with Crippen molar-refractivity contribution in [2.75, 3.05) is 6.54 Å². The number of quaternary nitrogens is 1. The lowest BCUT2D eigenvalue weighted by Crippen LogP contribution is -2.91. The normalized spacial score (nSPS) is 20.5. The van der Waals surface area contributed by atoms with Crippen LogP contribution in [0.1, 0.15) is 17.2 Å². The maximum Gasteiger partial charge on any atom is 0.230 e. The molecule has 0 amide bonds. The van der Waals surface area contributed by atoms with Gasteiger partial charge >= 0.3 is 0 Å². The van der Waals surface area contributed by atoms with Crippen LogP contribution in [-0.2, 0) is 0 Å². The summed E-state index contributed by atoms with van der Waals surface area (Å²) in [5.74, 6) is -0.253. The number of hydrogen-bond acceptors (Lipinski definition) is 4. The first-order valence-corrected chi connectivity index (χ1v) is 8.35. The van der Waals surface area contributed by atoms with Crippen molar-refractivity contribution in [3.63, 3.8) is 0 Å². The van der Waals surface area contributed by atoms with E-state index in [1.165, 1.54) is 18.5 Å². The van der Waals surface area contributed by atoms with Crippen molar-refractivity contribution in [1.29, 1.82) is 5.41 Å². The van der Waals surface area contributed by atoms with E-state index < -0.39 is 18.2 Å². The van der Waals surface area contributed by atoms with Gasteiger partial charge in [-0.15, -0.1) is 0 Å². The molecular weight excluding hydrogens is 333 g/mol. The van der Waals surface area contributed by atoms with Gasteiger partial charge in [0, 0.05) is 5.56 Å². The number of benzene rings is 2. The highest BCUT2D eigenvalue weighted by molar-refractivity contribution is 6.12. The second kappa shape index (κ2) is 8.09. The smallest absolute Gasteiger partial charge is 0.230 e. The molecule has 0 aliphatic carbocycles. The molecule has 1 aliphatic heterocycles. The summed E-state index contributed by atoms with van der Waals surface area (Å²) in [6, 6.07) is 15.3. The second-order valence-corrected chi connectivity index (χ2v) is 6.11. The van der Waals surface area contributed by atoms with Crippen molar-refractivity contribution in [3.05, 3.63) is 71.5 Å². The monoisotopic (exact) mass is 355 g/mol. The zero-order valence-corrected chi connectivity index (χ0v) is 14.1. The van der Waals surface area contributed by atoms with Gasteiger partial charge in [-0.25, -0.2) is 4.39 Å². The molecule has 7 heteroatoms.